The van der Waals surface area contributed by atoms with Crippen molar-refractivity contribution in [2.24, 2.45) is 0 Å². The van der Waals surface area contributed by atoms with Crippen LogP contribution in [0.1, 0.15) is 26.3 Å². The zero-order chi connectivity index (χ0) is 23.5. The van der Waals surface area contributed by atoms with E-state index in [4.69, 9.17) is 11.6 Å². The zero-order valence-electron chi connectivity index (χ0n) is 17.3. The third-order valence-electron chi connectivity index (χ3n) is 4.12. The third-order valence-corrected chi connectivity index (χ3v) is 5.49. The van der Waals surface area contributed by atoms with E-state index in [1.807, 2.05) is 13.8 Å². The highest BCUT2D eigenvalue weighted by molar-refractivity contribution is 8.00. The fourth-order valence-electron chi connectivity index (χ4n) is 2.62. The van der Waals surface area contributed by atoms with Crippen LogP contribution in [0.5, 0.6) is 0 Å². The first-order chi connectivity index (χ1) is 15.1. The van der Waals surface area contributed by atoms with E-state index >= 15 is 0 Å². The van der Waals surface area contributed by atoms with E-state index in [-0.39, 0.29) is 16.5 Å². The molecule has 3 rings (SSSR count). The molecule has 1 aromatic carbocycles. The first-order valence-electron chi connectivity index (χ1n) is 9.59. The van der Waals surface area contributed by atoms with Gasteiger partial charge in [0.15, 0.2) is 0 Å². The van der Waals surface area contributed by atoms with Gasteiger partial charge in [0.05, 0.1) is 21.5 Å². The number of rotatable bonds is 8. The second kappa shape index (κ2) is 9.77. The Hall–Kier alpha value is -2.80. The molecule has 0 unspecified atom stereocenters. The van der Waals surface area contributed by atoms with Gasteiger partial charge in [-0.2, -0.15) is 23.1 Å². The van der Waals surface area contributed by atoms with E-state index in [0.717, 1.165) is 30.0 Å². The Kier molecular flexibility index (Phi) is 7.29. The molecule has 0 aliphatic rings. The standard InChI is InChI=1S/C18H20ClF3N8OS/c1-4-23-14-26-15(24-5-2)30-16(27-14)28-29-17(30)32-9(3)13(31)25-12-8-10(18(20,21)22)6-7-11(12)19/h6-9H,4-5H2,1-3H3,(H,25,31)(H2,23,24,26,27,28)/t9-/m1/s1. The molecule has 0 saturated carbocycles. The third kappa shape index (κ3) is 5.33. The molecule has 32 heavy (non-hydrogen) atoms. The van der Waals surface area contributed by atoms with Crippen LogP contribution in [0.25, 0.3) is 5.78 Å². The smallest absolute Gasteiger partial charge is 0.355 e. The predicted octanol–water partition coefficient (Wildman–Crippen LogP) is 4.17. The summed E-state index contributed by atoms with van der Waals surface area (Å²) in [4.78, 5) is 21.3. The number of benzene rings is 1. The molecular formula is C18H20ClF3N8OS. The minimum Gasteiger partial charge on any atom is -0.355 e. The summed E-state index contributed by atoms with van der Waals surface area (Å²) in [5.41, 5.74) is -1.04. The van der Waals surface area contributed by atoms with Crippen LogP contribution in [0.3, 0.4) is 0 Å². The van der Waals surface area contributed by atoms with Crippen molar-refractivity contribution < 1.29 is 18.0 Å². The summed E-state index contributed by atoms with van der Waals surface area (Å²) < 4.78 is 40.5. The average Bonchev–Trinajstić information content (AvgIpc) is 3.12. The van der Waals surface area contributed by atoms with Crippen molar-refractivity contribution in [3.05, 3.63) is 28.8 Å². The summed E-state index contributed by atoms with van der Waals surface area (Å²) in [5, 5.41) is 16.3. The topological polar surface area (TPSA) is 109 Å². The van der Waals surface area contributed by atoms with Crippen molar-refractivity contribution in [3.63, 3.8) is 0 Å². The summed E-state index contributed by atoms with van der Waals surface area (Å²) in [7, 11) is 0. The van der Waals surface area contributed by atoms with Crippen LogP contribution in [-0.2, 0) is 11.0 Å². The number of fused-ring (bicyclic) bond motifs is 1. The van der Waals surface area contributed by atoms with E-state index in [1.165, 1.54) is 0 Å². The quantitative estimate of drug-likeness (QED) is 0.405. The maximum absolute atomic E-state index is 13.0. The molecule has 0 fully saturated rings. The lowest BCUT2D eigenvalue weighted by Crippen LogP contribution is -2.23. The number of nitrogens with one attached hydrogen (secondary N) is 3. The SMILES string of the molecule is CCNc1nc(NCC)n2c(S[C@H](C)C(=O)Nc3cc(C(F)(F)F)ccc3Cl)nnc2n1. The van der Waals surface area contributed by atoms with Crippen molar-refractivity contribution in [1.29, 1.82) is 0 Å². The van der Waals surface area contributed by atoms with Crippen LogP contribution in [0, 0.1) is 0 Å². The Labute approximate surface area is 190 Å². The molecule has 1 amide bonds. The highest BCUT2D eigenvalue weighted by atomic mass is 35.5. The molecule has 172 valence electrons. The summed E-state index contributed by atoms with van der Waals surface area (Å²) in [5.74, 6) is 0.547. The van der Waals surface area contributed by atoms with Crippen molar-refractivity contribution >= 4 is 52.6 Å². The van der Waals surface area contributed by atoms with Crippen LogP contribution in [0.2, 0.25) is 5.02 Å². The number of nitrogens with zero attached hydrogens (tertiary/aromatic N) is 5. The summed E-state index contributed by atoms with van der Waals surface area (Å²) in [6.45, 7) is 6.58. The second-order valence-electron chi connectivity index (χ2n) is 6.49. The van der Waals surface area contributed by atoms with Crippen LogP contribution >= 0.6 is 23.4 Å². The van der Waals surface area contributed by atoms with Gasteiger partial charge < -0.3 is 16.0 Å². The van der Waals surface area contributed by atoms with Crippen molar-refractivity contribution in [1.82, 2.24) is 24.6 Å². The van der Waals surface area contributed by atoms with Crippen molar-refractivity contribution in [2.45, 2.75) is 37.4 Å². The summed E-state index contributed by atoms with van der Waals surface area (Å²) in [6.07, 6.45) is -4.56. The maximum Gasteiger partial charge on any atom is 0.416 e. The van der Waals surface area contributed by atoms with E-state index in [9.17, 15) is 18.0 Å². The molecule has 2 heterocycles. The van der Waals surface area contributed by atoms with Crippen LogP contribution in [-0.4, -0.2) is 48.8 Å². The van der Waals surface area contributed by atoms with Gasteiger partial charge in [0.2, 0.25) is 23.0 Å². The minimum atomic E-state index is -4.56. The molecule has 2 aromatic heterocycles. The van der Waals surface area contributed by atoms with Gasteiger partial charge in [-0.15, -0.1) is 10.2 Å². The lowest BCUT2D eigenvalue weighted by Gasteiger charge is -2.15. The fraction of sp³-hybridized carbons (Fsp3) is 0.389. The average molecular weight is 489 g/mol. The molecule has 3 aromatic rings. The Morgan fingerprint density at radius 2 is 1.91 bits per heavy atom. The Morgan fingerprint density at radius 3 is 2.56 bits per heavy atom. The van der Waals surface area contributed by atoms with Crippen molar-refractivity contribution in [3.8, 4) is 0 Å². The van der Waals surface area contributed by atoms with E-state index in [1.54, 1.807) is 11.3 Å². The number of amides is 1. The highest BCUT2D eigenvalue weighted by Gasteiger charge is 2.31. The van der Waals surface area contributed by atoms with E-state index < -0.39 is 22.9 Å². The summed E-state index contributed by atoms with van der Waals surface area (Å²) in [6, 6.07) is 2.73. The number of halogens is 4. The lowest BCUT2D eigenvalue weighted by molar-refractivity contribution is -0.137. The Morgan fingerprint density at radius 1 is 1.19 bits per heavy atom. The number of carbonyl (C=O) groups is 1. The molecule has 0 radical (unpaired) electrons. The first-order valence-corrected chi connectivity index (χ1v) is 10.8. The number of hydrogen-bond donors (Lipinski definition) is 3. The molecular weight excluding hydrogens is 469 g/mol. The maximum atomic E-state index is 13.0. The molecule has 1 atom stereocenters. The van der Waals surface area contributed by atoms with Gasteiger partial charge in [0, 0.05) is 13.1 Å². The molecule has 14 heteroatoms. The fourth-order valence-corrected chi connectivity index (χ4v) is 3.63. The largest absolute Gasteiger partial charge is 0.416 e. The molecule has 9 nitrogen and oxygen atoms in total. The summed E-state index contributed by atoms with van der Waals surface area (Å²) >= 11 is 7.02. The van der Waals surface area contributed by atoms with E-state index in [0.29, 0.717) is 30.1 Å². The normalized spacial score (nSPS) is 12.6. The number of aromatic nitrogens is 5. The van der Waals surface area contributed by atoms with Crippen LogP contribution < -0.4 is 16.0 Å². The number of anilines is 3. The number of carbonyl (C=O) groups excluding carboxylic acids is 1. The number of alkyl halides is 3. The molecule has 0 bridgehead atoms. The molecule has 0 spiro atoms. The zero-order valence-corrected chi connectivity index (χ0v) is 18.9. The van der Waals surface area contributed by atoms with Crippen molar-refractivity contribution in [2.75, 3.05) is 29.0 Å². The van der Waals surface area contributed by atoms with Gasteiger partial charge >= 0.3 is 6.18 Å². The van der Waals surface area contributed by atoms with Crippen LogP contribution in [0.15, 0.2) is 23.4 Å². The molecule has 0 aliphatic heterocycles. The molecule has 0 aliphatic carbocycles. The van der Waals surface area contributed by atoms with Gasteiger partial charge in [-0.05, 0) is 39.0 Å². The molecule has 0 saturated heterocycles. The van der Waals surface area contributed by atoms with Gasteiger partial charge in [-0.3, -0.25) is 4.79 Å². The molecule has 3 N–H and O–H groups in total. The van der Waals surface area contributed by atoms with Gasteiger partial charge in [-0.1, -0.05) is 23.4 Å². The first kappa shape index (κ1) is 23.9. The van der Waals surface area contributed by atoms with Crippen LogP contribution in [0.4, 0.5) is 30.8 Å². The monoisotopic (exact) mass is 488 g/mol. The minimum absolute atomic E-state index is 0.00439. The highest BCUT2D eigenvalue weighted by Crippen LogP contribution is 2.34. The Balaban J connectivity index is 1.83. The Bertz CT molecular complexity index is 1120. The predicted molar refractivity (Wildman–Crippen MR) is 117 cm³/mol. The number of thioether (sulfide) groups is 1. The number of hydrogen-bond acceptors (Lipinski definition) is 8. The van der Waals surface area contributed by atoms with Gasteiger partial charge in [0.25, 0.3) is 5.78 Å². The lowest BCUT2D eigenvalue weighted by atomic mass is 10.2. The van der Waals surface area contributed by atoms with E-state index in [2.05, 4.69) is 36.1 Å². The second-order valence-corrected chi connectivity index (χ2v) is 8.21. The van der Waals surface area contributed by atoms with Gasteiger partial charge in [-0.25, -0.2) is 4.40 Å². The van der Waals surface area contributed by atoms with Gasteiger partial charge in [0.1, 0.15) is 0 Å².